The number of aromatic nitrogens is 4. The number of halogens is 3. The van der Waals surface area contributed by atoms with Crippen LogP contribution in [0, 0.1) is 0 Å². The molecule has 0 unspecified atom stereocenters. The lowest BCUT2D eigenvalue weighted by Gasteiger charge is -2.23. The van der Waals surface area contributed by atoms with Crippen molar-refractivity contribution in [2.75, 3.05) is 17.7 Å². The highest BCUT2D eigenvalue weighted by Gasteiger charge is 2.29. The third-order valence-corrected chi connectivity index (χ3v) is 8.04. The Morgan fingerprint density at radius 1 is 1.22 bits per heavy atom. The van der Waals surface area contributed by atoms with Crippen LogP contribution in [-0.2, 0) is 17.8 Å². The van der Waals surface area contributed by atoms with Gasteiger partial charge in [-0.1, -0.05) is 0 Å². The minimum atomic E-state index is -3.83. The van der Waals surface area contributed by atoms with Crippen LogP contribution in [0.4, 0.5) is 19.6 Å². The molecule has 2 aliphatic rings. The van der Waals surface area contributed by atoms with E-state index in [2.05, 4.69) is 26.5 Å². The van der Waals surface area contributed by atoms with Gasteiger partial charge in [0.15, 0.2) is 5.13 Å². The topological polar surface area (TPSA) is 117 Å². The predicted octanol–water partition coefficient (Wildman–Crippen LogP) is 6.22. The summed E-state index contributed by atoms with van der Waals surface area (Å²) in [4.78, 5) is 28.6. The van der Waals surface area contributed by atoms with E-state index in [9.17, 15) is 13.6 Å². The van der Waals surface area contributed by atoms with Gasteiger partial charge in [-0.3, -0.25) is 9.78 Å². The highest BCUT2D eigenvalue weighted by atomic mass is 35.5. The van der Waals surface area contributed by atoms with Crippen molar-refractivity contribution in [1.29, 1.82) is 0 Å². The van der Waals surface area contributed by atoms with Gasteiger partial charge in [-0.2, -0.15) is 0 Å². The quantitative estimate of drug-likeness (QED) is 0.228. The average molecular weight is 595 g/mol. The molecule has 0 spiro atoms. The third kappa shape index (κ3) is 4.67. The molecule has 3 aromatic heterocycles. The second-order valence-corrected chi connectivity index (χ2v) is 11.5. The molecule has 1 amide bonds. The van der Waals surface area contributed by atoms with Crippen LogP contribution in [0.15, 0.2) is 48.7 Å². The van der Waals surface area contributed by atoms with Gasteiger partial charge in [0.05, 0.1) is 35.1 Å². The number of hydrogen-bond acceptors (Lipinski definition) is 8. The standard InChI is InChI=1S/C28H21ClF2N6O3S/c1-13-11-39-12-23-35-21-8-14(26(38)34-16-2-4-17(5-3-16)40-28(29,30)31)6-18(25(21)37(13)23)15-7-19-20(33-10-15)9-22-24(19)36-27(32)41-22/h2-8,10,13H,9,11-12H2,1H3,(H2,32,36)(H,34,38)/t13-/m1/s1. The summed E-state index contributed by atoms with van der Waals surface area (Å²) in [5, 5.41) is 3.32. The maximum Gasteiger partial charge on any atom is 0.487 e. The second kappa shape index (κ2) is 9.47. The lowest BCUT2D eigenvalue weighted by Crippen LogP contribution is -2.21. The van der Waals surface area contributed by atoms with Crippen molar-refractivity contribution >= 4 is 50.7 Å². The Balaban J connectivity index is 1.31. The summed E-state index contributed by atoms with van der Waals surface area (Å²) in [6.07, 6.45) is 2.49. The Kier molecular flexibility index (Phi) is 5.96. The van der Waals surface area contributed by atoms with Gasteiger partial charge >= 0.3 is 5.57 Å². The highest BCUT2D eigenvalue weighted by Crippen LogP contribution is 2.42. The fourth-order valence-electron chi connectivity index (χ4n) is 5.38. The molecule has 0 saturated heterocycles. The first-order chi connectivity index (χ1) is 19.6. The molecule has 7 rings (SSSR count). The second-order valence-electron chi connectivity index (χ2n) is 9.90. The van der Waals surface area contributed by atoms with Crippen LogP contribution < -0.4 is 15.8 Å². The minimum absolute atomic E-state index is 0.0376. The van der Waals surface area contributed by atoms with Crippen LogP contribution in [0.1, 0.15) is 39.7 Å². The number of nitrogen functional groups attached to an aromatic ring is 1. The fourth-order valence-corrected chi connectivity index (χ4v) is 6.32. The normalized spacial score (nSPS) is 15.9. The zero-order valence-electron chi connectivity index (χ0n) is 21.5. The summed E-state index contributed by atoms with van der Waals surface area (Å²) in [6, 6.07) is 11.1. The molecule has 1 aliphatic heterocycles. The van der Waals surface area contributed by atoms with Crippen molar-refractivity contribution in [1.82, 2.24) is 19.5 Å². The number of nitrogens with one attached hydrogen (secondary N) is 1. The number of nitrogens with two attached hydrogens (primary N) is 1. The Bertz CT molecular complexity index is 1850. The van der Waals surface area contributed by atoms with Gasteiger partial charge in [0.1, 0.15) is 18.2 Å². The molecule has 3 N–H and O–H groups in total. The van der Waals surface area contributed by atoms with E-state index in [0.717, 1.165) is 44.3 Å². The molecule has 0 bridgehead atoms. The number of anilines is 2. The van der Waals surface area contributed by atoms with Gasteiger partial charge in [-0.15, -0.1) is 20.1 Å². The first-order valence-electron chi connectivity index (χ1n) is 12.7. The van der Waals surface area contributed by atoms with E-state index in [4.69, 9.17) is 32.0 Å². The lowest BCUT2D eigenvalue weighted by molar-refractivity contribution is -0.0964. The Morgan fingerprint density at radius 2 is 2.02 bits per heavy atom. The van der Waals surface area contributed by atoms with Crippen LogP contribution in [0.3, 0.4) is 0 Å². The largest absolute Gasteiger partial charge is 0.487 e. The van der Waals surface area contributed by atoms with Crippen molar-refractivity contribution in [3.05, 3.63) is 70.6 Å². The number of fused-ring (bicyclic) bond motifs is 6. The van der Waals surface area contributed by atoms with Crippen LogP contribution in [0.2, 0.25) is 0 Å². The fraction of sp³-hybridized carbons (Fsp3) is 0.214. The average Bonchev–Trinajstić information content (AvgIpc) is 3.58. The maximum absolute atomic E-state index is 13.4. The van der Waals surface area contributed by atoms with Crippen LogP contribution in [0.5, 0.6) is 5.75 Å². The molecule has 0 saturated carbocycles. The number of thiazole rings is 1. The zero-order valence-corrected chi connectivity index (χ0v) is 23.0. The lowest BCUT2D eigenvalue weighted by atomic mass is 9.99. The van der Waals surface area contributed by atoms with E-state index in [1.54, 1.807) is 6.07 Å². The number of benzene rings is 2. The minimum Gasteiger partial charge on any atom is -0.420 e. The summed E-state index contributed by atoms with van der Waals surface area (Å²) in [6.45, 7) is 2.96. The Hall–Kier alpha value is -4.13. The molecule has 1 aliphatic carbocycles. The predicted molar refractivity (Wildman–Crippen MR) is 151 cm³/mol. The van der Waals surface area contributed by atoms with Crippen molar-refractivity contribution in [3.8, 4) is 28.1 Å². The number of amides is 1. The van der Waals surface area contributed by atoms with Crippen molar-refractivity contribution < 1.29 is 23.0 Å². The Morgan fingerprint density at radius 3 is 2.80 bits per heavy atom. The molecular formula is C28H21ClF2N6O3S. The van der Waals surface area contributed by atoms with Gasteiger partial charge in [0.2, 0.25) is 0 Å². The number of nitrogens with zero attached hydrogens (tertiary/aromatic N) is 4. The zero-order chi connectivity index (χ0) is 28.5. The molecule has 4 heterocycles. The van der Waals surface area contributed by atoms with E-state index in [1.807, 2.05) is 18.3 Å². The van der Waals surface area contributed by atoms with E-state index < -0.39 is 11.5 Å². The number of ether oxygens (including phenoxy) is 2. The van der Waals surface area contributed by atoms with Gasteiger partial charge in [0, 0.05) is 57.0 Å². The number of alkyl halides is 3. The number of carbonyl (C=O) groups is 1. The van der Waals surface area contributed by atoms with E-state index >= 15 is 0 Å². The maximum atomic E-state index is 13.4. The molecule has 0 radical (unpaired) electrons. The molecule has 9 nitrogen and oxygen atoms in total. The molecule has 208 valence electrons. The smallest absolute Gasteiger partial charge is 0.420 e. The summed E-state index contributed by atoms with van der Waals surface area (Å²) in [5.74, 6) is 0.233. The summed E-state index contributed by atoms with van der Waals surface area (Å²) in [7, 11) is 0. The summed E-state index contributed by atoms with van der Waals surface area (Å²) >= 11 is 6.30. The monoisotopic (exact) mass is 594 g/mol. The number of imidazole rings is 1. The molecule has 13 heteroatoms. The van der Waals surface area contributed by atoms with Gasteiger partial charge in [-0.05, 0) is 49.4 Å². The van der Waals surface area contributed by atoms with Gasteiger partial charge in [-0.25, -0.2) is 9.97 Å². The van der Waals surface area contributed by atoms with Crippen LogP contribution in [-0.4, -0.2) is 37.6 Å². The molecular weight excluding hydrogens is 574 g/mol. The number of carbonyl (C=O) groups excluding carboxylic acids is 1. The van der Waals surface area contributed by atoms with Crippen molar-refractivity contribution in [3.63, 3.8) is 0 Å². The van der Waals surface area contributed by atoms with Gasteiger partial charge < -0.3 is 25.1 Å². The Labute approximate surface area is 240 Å². The summed E-state index contributed by atoms with van der Waals surface area (Å²) < 4.78 is 38.1. The molecule has 0 fully saturated rings. The van der Waals surface area contributed by atoms with Crippen LogP contribution >= 0.6 is 22.9 Å². The first kappa shape index (κ1) is 25.8. The summed E-state index contributed by atoms with van der Waals surface area (Å²) in [5.41, 5.74) is 8.73. The number of pyridine rings is 1. The van der Waals surface area contributed by atoms with Crippen LogP contribution in [0.25, 0.3) is 33.4 Å². The molecule has 5 aromatic rings. The van der Waals surface area contributed by atoms with Crippen molar-refractivity contribution in [2.24, 2.45) is 0 Å². The van der Waals surface area contributed by atoms with Gasteiger partial charge in [0.25, 0.3) is 5.91 Å². The SMILES string of the molecule is C[C@@H]1COCc2nc3cc(C(=O)Nc4ccc(OC(F)(F)Cl)cc4)cc(-c4cnc5c(c4)-c4nc(N)sc4C5)c3n21. The molecule has 2 aromatic carbocycles. The number of hydrogen-bond donors (Lipinski definition) is 2. The number of rotatable bonds is 5. The molecule has 1 atom stereocenters. The molecule has 41 heavy (non-hydrogen) atoms. The first-order valence-corrected chi connectivity index (χ1v) is 13.9. The van der Waals surface area contributed by atoms with E-state index in [1.165, 1.54) is 35.6 Å². The van der Waals surface area contributed by atoms with E-state index in [0.29, 0.717) is 41.5 Å². The highest BCUT2D eigenvalue weighted by molar-refractivity contribution is 7.15. The third-order valence-electron chi connectivity index (χ3n) is 7.08. The van der Waals surface area contributed by atoms with Crippen molar-refractivity contribution in [2.45, 2.75) is 31.6 Å². The van der Waals surface area contributed by atoms with E-state index in [-0.39, 0.29) is 11.8 Å².